The number of nitrogens with one attached hydrogen (secondary N) is 1. The average Bonchev–Trinajstić information content (AvgIpc) is 3.09. The SMILES string of the molecule is O=[N+]([O-])c1ccc2nc(/C=C/c3cnc(-c4ccccc4)nc3)[nH]c2c1. The molecule has 0 radical (unpaired) electrons. The summed E-state index contributed by atoms with van der Waals surface area (Å²) in [6.07, 6.45) is 7.09. The molecule has 0 aliphatic heterocycles. The monoisotopic (exact) mass is 343 g/mol. The van der Waals surface area contributed by atoms with Crippen LogP contribution < -0.4 is 0 Å². The molecule has 7 nitrogen and oxygen atoms in total. The number of hydrogen-bond acceptors (Lipinski definition) is 5. The molecule has 2 heterocycles. The molecule has 0 unspecified atom stereocenters. The van der Waals surface area contributed by atoms with Gasteiger partial charge in [0, 0.05) is 35.7 Å². The third-order valence-electron chi connectivity index (χ3n) is 3.83. The van der Waals surface area contributed by atoms with Gasteiger partial charge in [-0.05, 0) is 18.2 Å². The fraction of sp³-hybridized carbons (Fsp3) is 0. The fourth-order valence-electron chi connectivity index (χ4n) is 2.55. The molecule has 0 fully saturated rings. The second-order valence-corrected chi connectivity index (χ2v) is 5.62. The highest BCUT2D eigenvalue weighted by atomic mass is 16.6. The maximum atomic E-state index is 10.8. The molecule has 126 valence electrons. The van der Waals surface area contributed by atoms with Crippen LogP contribution in [0.15, 0.2) is 60.9 Å². The van der Waals surface area contributed by atoms with Crippen molar-refractivity contribution in [2.24, 2.45) is 0 Å². The van der Waals surface area contributed by atoms with Crippen molar-refractivity contribution in [1.29, 1.82) is 0 Å². The Morgan fingerprint density at radius 1 is 1.00 bits per heavy atom. The molecule has 0 aliphatic carbocycles. The van der Waals surface area contributed by atoms with E-state index in [2.05, 4.69) is 19.9 Å². The lowest BCUT2D eigenvalue weighted by Gasteiger charge is -1.99. The average molecular weight is 343 g/mol. The Kier molecular flexibility index (Phi) is 3.95. The molecule has 0 amide bonds. The Morgan fingerprint density at radius 3 is 2.50 bits per heavy atom. The molecule has 26 heavy (non-hydrogen) atoms. The summed E-state index contributed by atoms with van der Waals surface area (Å²) in [7, 11) is 0. The minimum absolute atomic E-state index is 0.0292. The highest BCUT2D eigenvalue weighted by Crippen LogP contribution is 2.20. The lowest BCUT2D eigenvalue weighted by Crippen LogP contribution is -1.88. The summed E-state index contributed by atoms with van der Waals surface area (Å²) in [5.74, 6) is 1.27. The Morgan fingerprint density at radius 2 is 1.77 bits per heavy atom. The predicted octanol–water partition coefficient (Wildman–Crippen LogP) is 4.10. The molecule has 0 atom stereocenters. The van der Waals surface area contributed by atoms with E-state index in [4.69, 9.17) is 0 Å². The number of rotatable bonds is 4. The summed E-state index contributed by atoms with van der Waals surface area (Å²) in [4.78, 5) is 26.6. The smallest absolute Gasteiger partial charge is 0.271 e. The normalized spacial score (nSPS) is 11.2. The van der Waals surface area contributed by atoms with Gasteiger partial charge in [0.2, 0.25) is 0 Å². The number of imidazole rings is 1. The summed E-state index contributed by atoms with van der Waals surface area (Å²) >= 11 is 0. The Hall–Kier alpha value is -3.87. The lowest BCUT2D eigenvalue weighted by atomic mass is 10.2. The van der Waals surface area contributed by atoms with Crippen molar-refractivity contribution in [1.82, 2.24) is 19.9 Å². The molecule has 0 saturated heterocycles. The van der Waals surface area contributed by atoms with E-state index < -0.39 is 4.92 Å². The Labute approximate surface area is 148 Å². The van der Waals surface area contributed by atoms with Crippen molar-refractivity contribution in [3.05, 3.63) is 82.4 Å². The standard InChI is InChI=1S/C19H13N5O2/c25-24(26)15-7-8-16-17(10-15)23-18(22-16)9-6-13-11-20-19(21-12-13)14-4-2-1-3-5-14/h1-12H,(H,22,23)/b9-6+. The first-order chi connectivity index (χ1) is 12.7. The van der Waals surface area contributed by atoms with Crippen LogP contribution in [-0.2, 0) is 0 Å². The maximum absolute atomic E-state index is 10.8. The molecule has 1 N–H and O–H groups in total. The van der Waals surface area contributed by atoms with E-state index >= 15 is 0 Å². The highest BCUT2D eigenvalue weighted by molar-refractivity contribution is 5.80. The number of fused-ring (bicyclic) bond motifs is 1. The van der Waals surface area contributed by atoms with Gasteiger partial charge in [0.15, 0.2) is 5.82 Å². The van der Waals surface area contributed by atoms with Gasteiger partial charge >= 0.3 is 0 Å². The van der Waals surface area contributed by atoms with Crippen LogP contribution in [0.4, 0.5) is 5.69 Å². The van der Waals surface area contributed by atoms with Gasteiger partial charge in [-0.3, -0.25) is 10.1 Å². The summed E-state index contributed by atoms with van der Waals surface area (Å²) < 4.78 is 0. The Balaban J connectivity index is 1.56. The second-order valence-electron chi connectivity index (χ2n) is 5.62. The molecule has 0 saturated carbocycles. The lowest BCUT2D eigenvalue weighted by molar-refractivity contribution is -0.384. The molecule has 4 rings (SSSR count). The van der Waals surface area contributed by atoms with Gasteiger partial charge in [-0.25, -0.2) is 15.0 Å². The molecule has 2 aromatic heterocycles. The molecule has 0 bridgehead atoms. The number of aromatic nitrogens is 4. The summed E-state index contributed by atoms with van der Waals surface area (Å²) in [5, 5.41) is 10.8. The van der Waals surface area contributed by atoms with E-state index in [-0.39, 0.29) is 5.69 Å². The summed E-state index contributed by atoms with van der Waals surface area (Å²) in [5.41, 5.74) is 3.11. The van der Waals surface area contributed by atoms with Gasteiger partial charge in [0.25, 0.3) is 5.69 Å². The fourth-order valence-corrected chi connectivity index (χ4v) is 2.55. The molecule has 0 aliphatic rings. The number of benzene rings is 2. The topological polar surface area (TPSA) is 97.6 Å². The van der Waals surface area contributed by atoms with Crippen molar-refractivity contribution < 1.29 is 4.92 Å². The van der Waals surface area contributed by atoms with E-state index in [0.29, 0.717) is 22.7 Å². The minimum Gasteiger partial charge on any atom is -0.338 e. The van der Waals surface area contributed by atoms with Gasteiger partial charge in [0.1, 0.15) is 5.82 Å². The molecular weight excluding hydrogens is 330 g/mol. The van der Waals surface area contributed by atoms with E-state index in [1.54, 1.807) is 24.5 Å². The summed E-state index contributed by atoms with van der Waals surface area (Å²) in [6.45, 7) is 0. The number of aromatic amines is 1. The van der Waals surface area contributed by atoms with Gasteiger partial charge < -0.3 is 4.98 Å². The molecule has 4 aromatic rings. The maximum Gasteiger partial charge on any atom is 0.271 e. The van der Waals surface area contributed by atoms with E-state index in [9.17, 15) is 10.1 Å². The molecular formula is C19H13N5O2. The van der Waals surface area contributed by atoms with Crippen molar-refractivity contribution in [3.63, 3.8) is 0 Å². The van der Waals surface area contributed by atoms with Crippen LogP contribution in [0.1, 0.15) is 11.4 Å². The zero-order valence-electron chi connectivity index (χ0n) is 13.5. The number of H-pyrrole nitrogens is 1. The van der Waals surface area contributed by atoms with E-state index in [0.717, 1.165) is 11.1 Å². The largest absolute Gasteiger partial charge is 0.338 e. The van der Waals surface area contributed by atoms with Crippen LogP contribution in [0, 0.1) is 10.1 Å². The first-order valence-electron chi connectivity index (χ1n) is 7.89. The van der Waals surface area contributed by atoms with Gasteiger partial charge in [-0.15, -0.1) is 0 Å². The first kappa shape index (κ1) is 15.6. The second kappa shape index (κ2) is 6.56. The van der Waals surface area contributed by atoms with Crippen LogP contribution in [-0.4, -0.2) is 24.9 Å². The van der Waals surface area contributed by atoms with Gasteiger partial charge in [0.05, 0.1) is 16.0 Å². The third-order valence-corrected chi connectivity index (χ3v) is 3.83. The van der Waals surface area contributed by atoms with Gasteiger partial charge in [-0.1, -0.05) is 30.3 Å². The van der Waals surface area contributed by atoms with Crippen LogP contribution in [0.3, 0.4) is 0 Å². The van der Waals surface area contributed by atoms with Crippen LogP contribution in [0.2, 0.25) is 0 Å². The first-order valence-corrected chi connectivity index (χ1v) is 7.89. The number of nitro benzene ring substituents is 1. The molecule has 2 aromatic carbocycles. The molecule has 0 spiro atoms. The Bertz CT molecular complexity index is 1100. The summed E-state index contributed by atoms with van der Waals surface area (Å²) in [6, 6.07) is 14.3. The van der Waals surface area contributed by atoms with Crippen LogP contribution >= 0.6 is 0 Å². The quantitative estimate of drug-likeness (QED) is 0.444. The van der Waals surface area contributed by atoms with Crippen molar-refractivity contribution in [2.75, 3.05) is 0 Å². The number of nitro groups is 1. The minimum atomic E-state index is -0.429. The van der Waals surface area contributed by atoms with Crippen LogP contribution in [0.5, 0.6) is 0 Å². The van der Waals surface area contributed by atoms with Crippen molar-refractivity contribution in [3.8, 4) is 11.4 Å². The van der Waals surface area contributed by atoms with Crippen molar-refractivity contribution in [2.45, 2.75) is 0 Å². The van der Waals surface area contributed by atoms with Gasteiger partial charge in [-0.2, -0.15) is 0 Å². The predicted molar refractivity (Wildman–Crippen MR) is 99.1 cm³/mol. The molecule has 7 heteroatoms. The number of hydrogen-bond donors (Lipinski definition) is 1. The van der Waals surface area contributed by atoms with E-state index in [1.165, 1.54) is 12.1 Å². The zero-order chi connectivity index (χ0) is 17.9. The number of nitrogens with zero attached hydrogens (tertiary/aromatic N) is 4. The van der Waals surface area contributed by atoms with E-state index in [1.807, 2.05) is 36.4 Å². The highest BCUT2D eigenvalue weighted by Gasteiger charge is 2.08. The van der Waals surface area contributed by atoms with Crippen LogP contribution in [0.25, 0.3) is 34.6 Å². The zero-order valence-corrected chi connectivity index (χ0v) is 13.5. The van der Waals surface area contributed by atoms with Crippen molar-refractivity contribution >= 4 is 28.9 Å². The third kappa shape index (κ3) is 3.18. The number of non-ortho nitro benzene ring substituents is 1.